The first-order valence-corrected chi connectivity index (χ1v) is 8.67. The van der Waals surface area contributed by atoms with Crippen LogP contribution in [-0.2, 0) is 11.4 Å². The normalized spacial score (nSPS) is 19.4. The first-order valence-electron chi connectivity index (χ1n) is 7.86. The van der Waals surface area contributed by atoms with Crippen molar-refractivity contribution in [2.24, 2.45) is 5.92 Å². The molecule has 1 amide bonds. The molecular weight excluding hydrogens is 310 g/mol. The lowest BCUT2D eigenvalue weighted by Crippen LogP contribution is -2.14. The zero-order chi connectivity index (χ0) is 16.4. The summed E-state index contributed by atoms with van der Waals surface area (Å²) in [5, 5.41) is 12.4. The number of nitrogens with one attached hydrogen (secondary N) is 1. The maximum atomic E-state index is 12.4. The monoisotopic (exact) mass is 331 g/mol. The van der Waals surface area contributed by atoms with E-state index in [9.17, 15) is 9.90 Å². The van der Waals surface area contributed by atoms with Crippen LogP contribution in [0.15, 0.2) is 30.3 Å². The van der Waals surface area contributed by atoms with E-state index in [0.29, 0.717) is 29.5 Å². The van der Waals surface area contributed by atoms with E-state index in [0.717, 1.165) is 6.42 Å². The second-order valence-corrected chi connectivity index (χ2v) is 7.12. The molecule has 2 N–H and O–H groups in total. The highest BCUT2D eigenvalue weighted by molar-refractivity contribution is 7.12. The van der Waals surface area contributed by atoms with Crippen molar-refractivity contribution in [3.05, 3.63) is 45.6 Å². The molecule has 1 aliphatic rings. The molecule has 2 atom stereocenters. The number of ether oxygens (including phenoxy) is 1. The van der Waals surface area contributed by atoms with Crippen molar-refractivity contribution in [3.63, 3.8) is 0 Å². The molecule has 3 rings (SSSR count). The number of carbonyl (C=O) groups is 1. The van der Waals surface area contributed by atoms with Gasteiger partial charge in [-0.1, -0.05) is 0 Å². The first kappa shape index (κ1) is 16.0. The highest BCUT2D eigenvalue weighted by Gasteiger charge is 2.44. The molecule has 1 aromatic heterocycles. The minimum atomic E-state index is -0.112. The van der Waals surface area contributed by atoms with Crippen LogP contribution in [0.3, 0.4) is 0 Å². The van der Waals surface area contributed by atoms with Gasteiger partial charge in [0.05, 0.1) is 13.2 Å². The second kappa shape index (κ2) is 6.72. The Hall–Kier alpha value is -1.85. The summed E-state index contributed by atoms with van der Waals surface area (Å²) in [6.45, 7) is 4.42. The molecule has 2 unspecified atom stereocenters. The Kier molecular flexibility index (Phi) is 4.68. The van der Waals surface area contributed by atoms with Crippen molar-refractivity contribution >= 4 is 22.9 Å². The van der Waals surface area contributed by atoms with E-state index in [4.69, 9.17) is 4.74 Å². The van der Waals surface area contributed by atoms with Gasteiger partial charge in [-0.15, -0.1) is 11.3 Å². The van der Waals surface area contributed by atoms with Crippen LogP contribution in [0.5, 0.6) is 5.75 Å². The molecule has 2 aromatic rings. The summed E-state index contributed by atoms with van der Waals surface area (Å²) in [5.74, 6) is 1.12. The van der Waals surface area contributed by atoms with Gasteiger partial charge in [0.15, 0.2) is 0 Å². The molecule has 0 radical (unpaired) electrons. The average Bonchev–Trinajstić information content (AvgIpc) is 3.24. The van der Waals surface area contributed by atoms with E-state index in [1.54, 1.807) is 23.5 Å². The lowest BCUT2D eigenvalue weighted by Gasteiger charge is -2.11. The number of hydrogen-bond acceptors (Lipinski definition) is 4. The van der Waals surface area contributed by atoms with Crippen LogP contribution in [0.25, 0.3) is 0 Å². The molecule has 0 saturated heterocycles. The second-order valence-electron chi connectivity index (χ2n) is 5.80. The Morgan fingerprint density at radius 1 is 1.39 bits per heavy atom. The summed E-state index contributed by atoms with van der Waals surface area (Å²) in [5.41, 5.74) is 1.39. The largest absolute Gasteiger partial charge is 0.494 e. The molecule has 122 valence electrons. The van der Waals surface area contributed by atoms with Crippen LogP contribution in [-0.4, -0.2) is 17.6 Å². The van der Waals surface area contributed by atoms with Crippen LogP contribution in [0.1, 0.15) is 34.6 Å². The molecule has 23 heavy (non-hydrogen) atoms. The molecule has 1 aromatic carbocycles. The van der Waals surface area contributed by atoms with Crippen LogP contribution in [0.2, 0.25) is 0 Å². The standard InChI is InChI=1S/C18H21NO3S/c1-3-22-16-6-5-13(8-12(16)10-20)19-18(21)15-9-14(15)17-7-4-11(2)23-17/h4-8,14-15,20H,3,9-10H2,1-2H3,(H,19,21). The predicted octanol–water partition coefficient (Wildman–Crippen LogP) is 3.69. The predicted molar refractivity (Wildman–Crippen MR) is 92.1 cm³/mol. The number of amides is 1. The molecule has 5 heteroatoms. The number of aliphatic hydroxyl groups excluding tert-OH is 1. The van der Waals surface area contributed by atoms with Crippen molar-refractivity contribution < 1.29 is 14.6 Å². The molecule has 1 heterocycles. The van der Waals surface area contributed by atoms with E-state index in [1.165, 1.54) is 9.75 Å². The summed E-state index contributed by atoms with van der Waals surface area (Å²) < 4.78 is 5.45. The smallest absolute Gasteiger partial charge is 0.228 e. The maximum absolute atomic E-state index is 12.4. The minimum Gasteiger partial charge on any atom is -0.494 e. The molecule has 0 bridgehead atoms. The summed E-state index contributed by atoms with van der Waals surface area (Å²) in [6.07, 6.45) is 0.912. The highest BCUT2D eigenvalue weighted by Crippen LogP contribution is 2.50. The fourth-order valence-corrected chi connectivity index (χ4v) is 3.82. The van der Waals surface area contributed by atoms with Crippen molar-refractivity contribution in [1.82, 2.24) is 0 Å². The van der Waals surface area contributed by atoms with Gasteiger partial charge < -0.3 is 15.2 Å². The number of aryl methyl sites for hydroxylation is 1. The third-order valence-corrected chi connectivity index (χ3v) is 5.18. The molecule has 0 aliphatic heterocycles. The van der Waals surface area contributed by atoms with Gasteiger partial charge in [-0.2, -0.15) is 0 Å². The van der Waals surface area contributed by atoms with E-state index >= 15 is 0 Å². The fraction of sp³-hybridized carbons (Fsp3) is 0.389. The Bertz CT molecular complexity index is 710. The quantitative estimate of drug-likeness (QED) is 0.849. The molecule has 4 nitrogen and oxygen atoms in total. The lowest BCUT2D eigenvalue weighted by molar-refractivity contribution is -0.117. The summed E-state index contributed by atoms with van der Waals surface area (Å²) in [7, 11) is 0. The van der Waals surface area contributed by atoms with E-state index in [1.807, 2.05) is 13.0 Å². The Balaban J connectivity index is 1.64. The van der Waals surface area contributed by atoms with E-state index in [-0.39, 0.29) is 18.4 Å². The van der Waals surface area contributed by atoms with Gasteiger partial charge in [0.25, 0.3) is 0 Å². The zero-order valence-electron chi connectivity index (χ0n) is 13.3. The average molecular weight is 331 g/mol. The number of benzene rings is 1. The number of aliphatic hydroxyl groups is 1. The Labute approximate surface area is 140 Å². The molecule has 0 spiro atoms. The third-order valence-electron chi connectivity index (χ3n) is 4.05. The SMILES string of the molecule is CCOc1ccc(NC(=O)C2CC2c2ccc(C)s2)cc1CO. The van der Waals surface area contributed by atoms with Gasteiger partial charge in [-0.05, 0) is 50.6 Å². The molecular formula is C18H21NO3S. The summed E-state index contributed by atoms with van der Waals surface area (Å²) in [4.78, 5) is 15.0. The van der Waals surface area contributed by atoms with Gasteiger partial charge >= 0.3 is 0 Å². The summed E-state index contributed by atoms with van der Waals surface area (Å²) in [6, 6.07) is 9.61. The van der Waals surface area contributed by atoms with E-state index in [2.05, 4.69) is 24.4 Å². The number of hydrogen-bond donors (Lipinski definition) is 2. The molecule has 1 fully saturated rings. The van der Waals surface area contributed by atoms with Crippen molar-refractivity contribution in [2.45, 2.75) is 32.8 Å². The number of anilines is 1. The third kappa shape index (κ3) is 3.57. The first-order chi connectivity index (χ1) is 11.1. The van der Waals surface area contributed by atoms with Crippen molar-refractivity contribution in [3.8, 4) is 5.75 Å². The van der Waals surface area contributed by atoms with Gasteiger partial charge in [-0.25, -0.2) is 0 Å². The number of rotatable bonds is 6. The van der Waals surface area contributed by atoms with Crippen molar-refractivity contribution in [2.75, 3.05) is 11.9 Å². The van der Waals surface area contributed by atoms with Crippen LogP contribution < -0.4 is 10.1 Å². The summed E-state index contributed by atoms with van der Waals surface area (Å²) >= 11 is 1.77. The Morgan fingerprint density at radius 2 is 2.22 bits per heavy atom. The zero-order valence-corrected chi connectivity index (χ0v) is 14.2. The van der Waals surface area contributed by atoms with Gasteiger partial charge in [-0.3, -0.25) is 4.79 Å². The highest BCUT2D eigenvalue weighted by atomic mass is 32.1. The number of carbonyl (C=O) groups excluding carboxylic acids is 1. The van der Waals surface area contributed by atoms with Crippen LogP contribution in [0, 0.1) is 12.8 Å². The van der Waals surface area contributed by atoms with E-state index < -0.39 is 0 Å². The topological polar surface area (TPSA) is 58.6 Å². The minimum absolute atomic E-state index is 0.0501. The molecule has 1 saturated carbocycles. The van der Waals surface area contributed by atoms with Crippen molar-refractivity contribution in [1.29, 1.82) is 0 Å². The fourth-order valence-electron chi connectivity index (χ4n) is 2.76. The van der Waals surface area contributed by atoms with Gasteiger partial charge in [0.2, 0.25) is 5.91 Å². The lowest BCUT2D eigenvalue weighted by atomic mass is 10.1. The van der Waals surface area contributed by atoms with Gasteiger partial charge in [0, 0.05) is 32.8 Å². The van der Waals surface area contributed by atoms with Crippen LogP contribution >= 0.6 is 11.3 Å². The number of thiophene rings is 1. The van der Waals surface area contributed by atoms with Gasteiger partial charge in [0.1, 0.15) is 5.75 Å². The maximum Gasteiger partial charge on any atom is 0.228 e. The Morgan fingerprint density at radius 3 is 2.87 bits per heavy atom. The van der Waals surface area contributed by atoms with Crippen LogP contribution in [0.4, 0.5) is 5.69 Å². The molecule has 1 aliphatic carbocycles.